The summed E-state index contributed by atoms with van der Waals surface area (Å²) < 4.78 is 0. The first-order valence-corrected chi connectivity index (χ1v) is 6.66. The molecule has 2 aromatic carbocycles. The van der Waals surface area contributed by atoms with Gasteiger partial charge in [0.05, 0.1) is 0 Å². The van der Waals surface area contributed by atoms with Gasteiger partial charge in [-0.3, -0.25) is 0 Å². The number of hydrogen-bond donors (Lipinski definition) is 1. The number of fused-ring (bicyclic) bond motifs is 1. The Morgan fingerprint density at radius 2 is 1.75 bits per heavy atom. The predicted molar refractivity (Wildman–Crippen MR) is 84.1 cm³/mol. The predicted octanol–water partition coefficient (Wildman–Crippen LogP) is 3.46. The van der Waals surface area contributed by atoms with E-state index in [-0.39, 0.29) is 0 Å². The molecule has 3 aromatic rings. The minimum Gasteiger partial charge on any atom is -0.329 e. The van der Waals surface area contributed by atoms with Crippen molar-refractivity contribution in [1.29, 1.82) is 0 Å². The van der Waals surface area contributed by atoms with E-state index in [1.54, 1.807) is 0 Å². The van der Waals surface area contributed by atoms with Crippen LogP contribution in [0.25, 0.3) is 10.8 Å². The molecule has 3 rings (SSSR count). The van der Waals surface area contributed by atoms with Crippen LogP contribution in [0.4, 0.5) is 11.5 Å². The topological polar surface area (TPSA) is 42.1 Å². The molecule has 3 nitrogen and oxygen atoms in total. The van der Waals surface area contributed by atoms with Crippen LogP contribution in [0, 0.1) is 0 Å². The Morgan fingerprint density at radius 3 is 2.50 bits per heavy atom. The fraction of sp³-hybridized carbons (Fsp3) is 0.118. The van der Waals surface area contributed by atoms with Crippen molar-refractivity contribution in [2.45, 2.75) is 6.54 Å². The zero-order chi connectivity index (χ0) is 13.9. The van der Waals surface area contributed by atoms with Crippen molar-refractivity contribution in [1.82, 2.24) is 4.98 Å². The third-order valence-electron chi connectivity index (χ3n) is 3.53. The maximum Gasteiger partial charge on any atom is 0.140 e. The third kappa shape index (κ3) is 2.24. The minimum atomic E-state index is 0.566. The highest BCUT2D eigenvalue weighted by molar-refractivity contribution is 5.93. The molecular formula is C17H17N3. The molecule has 0 radical (unpaired) electrons. The molecular weight excluding hydrogens is 246 g/mol. The van der Waals surface area contributed by atoms with Gasteiger partial charge in [-0.15, -0.1) is 0 Å². The number of hydrogen-bond acceptors (Lipinski definition) is 3. The summed E-state index contributed by atoms with van der Waals surface area (Å²) in [7, 11) is 2.03. The highest BCUT2D eigenvalue weighted by atomic mass is 15.2. The van der Waals surface area contributed by atoms with Gasteiger partial charge in [-0.2, -0.15) is 0 Å². The van der Waals surface area contributed by atoms with Crippen LogP contribution in [0.2, 0.25) is 0 Å². The number of nitrogens with zero attached hydrogens (tertiary/aromatic N) is 2. The van der Waals surface area contributed by atoms with E-state index in [2.05, 4.69) is 46.3 Å². The van der Waals surface area contributed by atoms with Crippen molar-refractivity contribution in [2.24, 2.45) is 5.73 Å². The van der Waals surface area contributed by atoms with E-state index in [0.29, 0.717) is 6.54 Å². The van der Waals surface area contributed by atoms with Gasteiger partial charge in [0.15, 0.2) is 0 Å². The summed E-state index contributed by atoms with van der Waals surface area (Å²) in [5.41, 5.74) is 7.87. The molecule has 0 amide bonds. The van der Waals surface area contributed by atoms with Gasteiger partial charge in [0.25, 0.3) is 0 Å². The van der Waals surface area contributed by atoms with Gasteiger partial charge in [-0.1, -0.05) is 36.4 Å². The van der Waals surface area contributed by atoms with E-state index < -0.39 is 0 Å². The molecule has 0 spiro atoms. The van der Waals surface area contributed by atoms with Crippen LogP contribution in [-0.4, -0.2) is 12.0 Å². The van der Waals surface area contributed by atoms with Crippen LogP contribution in [-0.2, 0) is 6.54 Å². The average molecular weight is 263 g/mol. The third-order valence-corrected chi connectivity index (χ3v) is 3.53. The summed E-state index contributed by atoms with van der Waals surface area (Å²) in [6, 6.07) is 18.6. The Morgan fingerprint density at radius 1 is 1.00 bits per heavy atom. The largest absolute Gasteiger partial charge is 0.329 e. The lowest BCUT2D eigenvalue weighted by molar-refractivity contribution is 1.07. The molecule has 0 saturated heterocycles. The first-order chi connectivity index (χ1) is 9.79. The molecule has 0 aliphatic carbocycles. The summed E-state index contributed by atoms with van der Waals surface area (Å²) in [5.74, 6) is 0.962. The maximum absolute atomic E-state index is 5.64. The van der Waals surface area contributed by atoms with Gasteiger partial charge >= 0.3 is 0 Å². The molecule has 0 fully saturated rings. The Labute approximate surface area is 118 Å². The number of benzene rings is 2. The molecule has 100 valence electrons. The molecule has 2 N–H and O–H groups in total. The lowest BCUT2D eigenvalue weighted by Crippen LogP contribution is -2.11. The van der Waals surface area contributed by atoms with E-state index in [4.69, 9.17) is 5.73 Å². The van der Waals surface area contributed by atoms with E-state index in [0.717, 1.165) is 22.5 Å². The van der Waals surface area contributed by atoms with Crippen LogP contribution in [0.15, 0.2) is 60.8 Å². The molecule has 0 aliphatic heterocycles. The van der Waals surface area contributed by atoms with Crippen molar-refractivity contribution < 1.29 is 0 Å². The molecule has 0 bridgehead atoms. The highest BCUT2D eigenvalue weighted by Gasteiger charge is 2.09. The molecule has 0 atom stereocenters. The van der Waals surface area contributed by atoms with Crippen molar-refractivity contribution >= 4 is 22.3 Å². The fourth-order valence-electron chi connectivity index (χ4n) is 2.35. The summed E-state index contributed by atoms with van der Waals surface area (Å²) in [6.45, 7) is 0.566. The minimum absolute atomic E-state index is 0.566. The zero-order valence-electron chi connectivity index (χ0n) is 11.5. The van der Waals surface area contributed by atoms with E-state index in [1.165, 1.54) is 5.39 Å². The number of pyridine rings is 1. The second kappa shape index (κ2) is 5.31. The second-order valence-corrected chi connectivity index (χ2v) is 4.79. The van der Waals surface area contributed by atoms with E-state index in [9.17, 15) is 0 Å². The van der Waals surface area contributed by atoms with Crippen LogP contribution < -0.4 is 10.6 Å². The summed E-state index contributed by atoms with van der Waals surface area (Å²) in [4.78, 5) is 6.63. The smallest absolute Gasteiger partial charge is 0.140 e. The first kappa shape index (κ1) is 12.6. The lowest BCUT2D eigenvalue weighted by atomic mass is 10.1. The quantitative estimate of drug-likeness (QED) is 0.787. The number of anilines is 2. The van der Waals surface area contributed by atoms with Crippen molar-refractivity contribution in [2.75, 3.05) is 11.9 Å². The maximum atomic E-state index is 5.64. The van der Waals surface area contributed by atoms with Gasteiger partial charge in [-0.25, -0.2) is 4.98 Å². The SMILES string of the molecule is CN(c1ccc(CN)cc1)c1nccc2ccccc12. The Balaban J connectivity index is 2.05. The number of rotatable bonds is 3. The van der Waals surface area contributed by atoms with Crippen molar-refractivity contribution in [3.63, 3.8) is 0 Å². The Hall–Kier alpha value is -2.39. The van der Waals surface area contributed by atoms with Crippen LogP contribution in [0.3, 0.4) is 0 Å². The average Bonchev–Trinajstić information content (AvgIpc) is 2.54. The lowest BCUT2D eigenvalue weighted by Gasteiger charge is -2.20. The van der Waals surface area contributed by atoms with Gasteiger partial charge in [0.1, 0.15) is 5.82 Å². The van der Waals surface area contributed by atoms with Crippen molar-refractivity contribution in [3.05, 3.63) is 66.4 Å². The Kier molecular flexibility index (Phi) is 3.35. The molecule has 1 heterocycles. The summed E-state index contributed by atoms with van der Waals surface area (Å²) in [6.07, 6.45) is 1.85. The van der Waals surface area contributed by atoms with Gasteiger partial charge in [0, 0.05) is 30.9 Å². The van der Waals surface area contributed by atoms with Crippen molar-refractivity contribution in [3.8, 4) is 0 Å². The molecule has 20 heavy (non-hydrogen) atoms. The fourth-order valence-corrected chi connectivity index (χ4v) is 2.35. The molecule has 0 saturated carbocycles. The second-order valence-electron chi connectivity index (χ2n) is 4.79. The molecule has 3 heteroatoms. The summed E-state index contributed by atoms with van der Waals surface area (Å²) in [5, 5.41) is 2.35. The van der Waals surface area contributed by atoms with Crippen LogP contribution in [0.1, 0.15) is 5.56 Å². The monoisotopic (exact) mass is 263 g/mol. The molecule has 0 aliphatic rings. The summed E-state index contributed by atoms with van der Waals surface area (Å²) >= 11 is 0. The number of aromatic nitrogens is 1. The Bertz CT molecular complexity index is 714. The van der Waals surface area contributed by atoms with E-state index in [1.807, 2.05) is 31.4 Å². The number of nitrogens with two attached hydrogens (primary N) is 1. The zero-order valence-corrected chi connectivity index (χ0v) is 11.5. The van der Waals surface area contributed by atoms with E-state index >= 15 is 0 Å². The van der Waals surface area contributed by atoms with Gasteiger partial charge in [-0.05, 0) is 29.1 Å². The standard InChI is InChI=1S/C17H17N3/c1-20(15-8-6-13(12-18)7-9-15)17-16-5-3-2-4-14(16)10-11-19-17/h2-11H,12,18H2,1H3. The first-order valence-electron chi connectivity index (χ1n) is 6.66. The van der Waals surface area contributed by atoms with Gasteiger partial charge in [0.2, 0.25) is 0 Å². The normalized spacial score (nSPS) is 10.7. The van der Waals surface area contributed by atoms with Gasteiger partial charge < -0.3 is 10.6 Å². The molecule has 0 unspecified atom stereocenters. The molecule has 1 aromatic heterocycles. The van der Waals surface area contributed by atoms with Crippen LogP contribution in [0.5, 0.6) is 0 Å². The highest BCUT2D eigenvalue weighted by Crippen LogP contribution is 2.28. The van der Waals surface area contributed by atoms with Crippen LogP contribution >= 0.6 is 0 Å².